The molecular weight excluding hydrogens is 448 g/mol. The molecule has 0 aromatic heterocycles. The quantitative estimate of drug-likeness (QED) is 0.593. The summed E-state index contributed by atoms with van der Waals surface area (Å²) in [6.07, 6.45) is 3.72. The van der Waals surface area contributed by atoms with Crippen LogP contribution in [0.5, 0.6) is 0 Å². The molecule has 2 aromatic carbocycles. The summed E-state index contributed by atoms with van der Waals surface area (Å²) in [5.41, 5.74) is 2.82. The van der Waals surface area contributed by atoms with Gasteiger partial charge in [0.2, 0.25) is 0 Å². The lowest BCUT2D eigenvalue weighted by Gasteiger charge is -2.40. The van der Waals surface area contributed by atoms with Gasteiger partial charge in [-0.1, -0.05) is 12.1 Å². The summed E-state index contributed by atoms with van der Waals surface area (Å²) >= 11 is 0. The number of benzene rings is 2. The van der Waals surface area contributed by atoms with Gasteiger partial charge in [0.05, 0.1) is 5.70 Å². The van der Waals surface area contributed by atoms with Crippen LogP contribution in [0.1, 0.15) is 30.7 Å². The molecule has 35 heavy (non-hydrogen) atoms. The highest BCUT2D eigenvalue weighted by Crippen LogP contribution is 2.40. The standard InChI is InChI=1S/C27H33F2N5O/c1-32-13-15-33(16-14-32)26-27(35)34(23-10-8-21(29)9-11-23)18-22(31-26)3-2-12-30-25-17-24(25)19-4-6-20(28)7-5-19/h4-11,18,24-25,27,30,35H,2-3,12-17H2,1H3/t24-,25+,27?/m0/s1. The van der Waals surface area contributed by atoms with E-state index in [4.69, 9.17) is 4.99 Å². The van der Waals surface area contributed by atoms with Crippen LogP contribution in [0.15, 0.2) is 65.4 Å². The molecule has 1 aliphatic carbocycles. The number of hydrogen-bond acceptors (Lipinski definition) is 6. The predicted molar refractivity (Wildman–Crippen MR) is 134 cm³/mol. The number of nitrogens with one attached hydrogen (secondary N) is 1. The Morgan fingerprint density at radius 3 is 2.31 bits per heavy atom. The van der Waals surface area contributed by atoms with Crippen molar-refractivity contribution < 1.29 is 13.9 Å². The van der Waals surface area contributed by atoms with Crippen molar-refractivity contribution in [1.82, 2.24) is 15.1 Å². The number of aliphatic imine (C=N–C) groups is 1. The highest BCUT2D eigenvalue weighted by Gasteiger charge is 2.37. The van der Waals surface area contributed by atoms with Gasteiger partial charge in [-0.25, -0.2) is 13.8 Å². The molecule has 5 rings (SSSR count). The average Bonchev–Trinajstić information content (AvgIpc) is 3.64. The van der Waals surface area contributed by atoms with Crippen LogP contribution in [-0.4, -0.2) is 72.8 Å². The highest BCUT2D eigenvalue weighted by molar-refractivity contribution is 5.91. The van der Waals surface area contributed by atoms with Crippen molar-refractivity contribution in [3.63, 3.8) is 0 Å². The monoisotopic (exact) mass is 481 g/mol. The SMILES string of the molecule is CN1CCN(C2=NC(CCCN[C@@H]3C[C@H]3c3ccc(F)cc3)=CN(c3ccc(F)cc3)C2O)CC1. The number of aliphatic hydroxyl groups is 1. The average molecular weight is 482 g/mol. The minimum atomic E-state index is -0.909. The normalized spacial score (nSPS) is 24.9. The number of anilines is 1. The lowest BCUT2D eigenvalue weighted by molar-refractivity contribution is 0.179. The number of hydrogen-bond donors (Lipinski definition) is 2. The summed E-state index contributed by atoms with van der Waals surface area (Å²) in [6.45, 7) is 4.32. The maximum atomic E-state index is 13.5. The second-order valence-electron chi connectivity index (χ2n) is 9.70. The topological polar surface area (TPSA) is 54.3 Å². The summed E-state index contributed by atoms with van der Waals surface area (Å²) in [5.74, 6) is 0.611. The largest absolute Gasteiger partial charge is 0.366 e. The molecule has 0 spiro atoms. The zero-order valence-corrected chi connectivity index (χ0v) is 20.1. The molecule has 186 valence electrons. The molecule has 0 amide bonds. The van der Waals surface area contributed by atoms with Crippen LogP contribution in [0, 0.1) is 11.6 Å². The van der Waals surface area contributed by atoms with Crippen LogP contribution >= 0.6 is 0 Å². The molecule has 8 heteroatoms. The lowest BCUT2D eigenvalue weighted by atomic mass is 10.1. The Kier molecular flexibility index (Phi) is 7.13. The molecule has 6 nitrogen and oxygen atoms in total. The van der Waals surface area contributed by atoms with Gasteiger partial charge in [-0.05, 0) is 74.8 Å². The molecule has 2 aliphatic heterocycles. The first-order chi connectivity index (χ1) is 17.0. The van der Waals surface area contributed by atoms with Crippen molar-refractivity contribution in [3.8, 4) is 0 Å². The van der Waals surface area contributed by atoms with Gasteiger partial charge in [-0.2, -0.15) is 0 Å². The van der Waals surface area contributed by atoms with Gasteiger partial charge in [-0.3, -0.25) is 0 Å². The van der Waals surface area contributed by atoms with Crippen LogP contribution < -0.4 is 10.2 Å². The fraction of sp³-hybridized carbons (Fsp3) is 0.444. The third-order valence-corrected chi connectivity index (χ3v) is 7.10. The van der Waals surface area contributed by atoms with Crippen molar-refractivity contribution in [2.75, 3.05) is 44.7 Å². The van der Waals surface area contributed by atoms with E-state index in [0.29, 0.717) is 17.8 Å². The first-order valence-electron chi connectivity index (χ1n) is 12.4. The molecule has 3 aliphatic rings. The fourth-order valence-electron chi connectivity index (χ4n) is 4.86. The van der Waals surface area contributed by atoms with Gasteiger partial charge in [0.15, 0.2) is 12.1 Å². The predicted octanol–water partition coefficient (Wildman–Crippen LogP) is 3.52. The lowest BCUT2D eigenvalue weighted by Crippen LogP contribution is -2.54. The molecule has 2 aromatic rings. The number of halogens is 2. The van der Waals surface area contributed by atoms with Crippen molar-refractivity contribution >= 4 is 11.5 Å². The summed E-state index contributed by atoms with van der Waals surface area (Å²) in [6, 6.07) is 13.4. The number of rotatable bonds is 7. The zero-order chi connectivity index (χ0) is 24.4. The molecule has 0 radical (unpaired) electrons. The van der Waals surface area contributed by atoms with Gasteiger partial charge in [-0.15, -0.1) is 0 Å². The van der Waals surface area contributed by atoms with Crippen molar-refractivity contribution in [2.24, 2.45) is 4.99 Å². The molecule has 0 bridgehead atoms. The van der Waals surface area contributed by atoms with E-state index in [9.17, 15) is 13.9 Å². The van der Waals surface area contributed by atoms with E-state index in [-0.39, 0.29) is 11.6 Å². The smallest absolute Gasteiger partial charge is 0.190 e. The van der Waals surface area contributed by atoms with Crippen LogP contribution in [0.3, 0.4) is 0 Å². The minimum absolute atomic E-state index is 0.198. The van der Waals surface area contributed by atoms with Crippen LogP contribution in [0.25, 0.3) is 0 Å². The number of likely N-dealkylation sites (N-methyl/N-ethyl adjacent to an activating group) is 1. The molecule has 1 unspecified atom stereocenters. The van der Waals surface area contributed by atoms with E-state index >= 15 is 0 Å². The van der Waals surface area contributed by atoms with Crippen LogP contribution in [0.4, 0.5) is 14.5 Å². The zero-order valence-electron chi connectivity index (χ0n) is 20.1. The molecule has 2 heterocycles. The molecule has 2 fully saturated rings. The van der Waals surface area contributed by atoms with Crippen LogP contribution in [0.2, 0.25) is 0 Å². The van der Waals surface area contributed by atoms with Crippen molar-refractivity contribution in [1.29, 1.82) is 0 Å². The maximum absolute atomic E-state index is 13.5. The summed E-state index contributed by atoms with van der Waals surface area (Å²) in [7, 11) is 2.10. The Morgan fingerprint density at radius 2 is 1.63 bits per heavy atom. The van der Waals surface area contributed by atoms with E-state index < -0.39 is 6.23 Å². The van der Waals surface area contributed by atoms with Crippen LogP contribution in [-0.2, 0) is 0 Å². The Balaban J connectivity index is 1.22. The van der Waals surface area contributed by atoms with E-state index in [0.717, 1.165) is 63.4 Å². The van der Waals surface area contributed by atoms with Gasteiger partial charge in [0, 0.05) is 50.0 Å². The van der Waals surface area contributed by atoms with Crippen molar-refractivity contribution in [2.45, 2.75) is 37.5 Å². The highest BCUT2D eigenvalue weighted by atomic mass is 19.1. The first kappa shape index (κ1) is 23.9. The van der Waals surface area contributed by atoms with Gasteiger partial charge in [0.1, 0.15) is 11.6 Å². The number of aliphatic hydroxyl groups excluding tert-OH is 1. The fourth-order valence-corrected chi connectivity index (χ4v) is 4.86. The molecular formula is C27H33F2N5O. The third kappa shape index (κ3) is 5.72. The molecule has 1 saturated heterocycles. The van der Waals surface area contributed by atoms with Gasteiger partial charge >= 0.3 is 0 Å². The van der Waals surface area contributed by atoms with E-state index in [1.165, 1.54) is 29.8 Å². The minimum Gasteiger partial charge on any atom is -0.366 e. The van der Waals surface area contributed by atoms with Gasteiger partial charge < -0.3 is 25.1 Å². The molecule has 2 N–H and O–H groups in total. The summed E-state index contributed by atoms with van der Waals surface area (Å²) < 4.78 is 26.7. The Bertz CT molecular complexity index is 1060. The van der Waals surface area contributed by atoms with Gasteiger partial charge in [0.25, 0.3) is 0 Å². The summed E-state index contributed by atoms with van der Waals surface area (Å²) in [4.78, 5) is 11.1. The Morgan fingerprint density at radius 1 is 0.971 bits per heavy atom. The summed E-state index contributed by atoms with van der Waals surface area (Å²) in [5, 5.41) is 14.8. The van der Waals surface area contributed by atoms with E-state index in [1.54, 1.807) is 17.0 Å². The number of piperazine rings is 1. The number of allylic oxidation sites excluding steroid dienone is 1. The second-order valence-corrected chi connectivity index (χ2v) is 9.70. The Labute approximate surface area is 205 Å². The number of amidine groups is 1. The second kappa shape index (κ2) is 10.4. The molecule has 1 saturated carbocycles. The van der Waals surface area contributed by atoms with E-state index in [2.05, 4.69) is 22.2 Å². The van der Waals surface area contributed by atoms with Crippen molar-refractivity contribution in [3.05, 3.63) is 77.6 Å². The molecule has 3 atom stereocenters. The maximum Gasteiger partial charge on any atom is 0.190 e. The third-order valence-electron chi connectivity index (χ3n) is 7.10. The first-order valence-corrected chi connectivity index (χ1v) is 12.4. The number of nitrogens with zero attached hydrogens (tertiary/aromatic N) is 4. The van der Waals surface area contributed by atoms with E-state index in [1.807, 2.05) is 18.3 Å². The Hall–Kier alpha value is -2.81.